The maximum Gasteiger partial charge on any atom is 0.261 e. The lowest BCUT2D eigenvalue weighted by atomic mass is 9.95. The number of carbonyl (C=O) groups is 4. The minimum Gasteiger partial charge on any atom is -0.352 e. The van der Waals surface area contributed by atoms with Crippen molar-refractivity contribution in [2.75, 3.05) is 6.54 Å². The maximum atomic E-state index is 13.3. The number of imide groups is 1. The normalized spacial score (nSPS) is 16.7. The van der Waals surface area contributed by atoms with Crippen molar-refractivity contribution in [1.29, 1.82) is 0 Å². The highest BCUT2D eigenvalue weighted by Crippen LogP contribution is 2.23. The van der Waals surface area contributed by atoms with Gasteiger partial charge >= 0.3 is 0 Å². The molecule has 184 valence electrons. The van der Waals surface area contributed by atoms with Gasteiger partial charge in [-0.2, -0.15) is 0 Å². The van der Waals surface area contributed by atoms with Crippen molar-refractivity contribution in [1.82, 2.24) is 15.1 Å². The fourth-order valence-corrected chi connectivity index (χ4v) is 4.91. The first-order valence-corrected chi connectivity index (χ1v) is 12.5. The first-order valence-electron chi connectivity index (χ1n) is 12.5. The molecule has 1 fully saturated rings. The first-order chi connectivity index (χ1) is 17.0. The van der Waals surface area contributed by atoms with Crippen LogP contribution >= 0.6 is 0 Å². The average molecular weight is 476 g/mol. The van der Waals surface area contributed by atoms with Gasteiger partial charge in [0, 0.05) is 25.6 Å². The fraction of sp³-hybridized carbons (Fsp3) is 0.429. The van der Waals surface area contributed by atoms with E-state index < -0.39 is 6.04 Å². The zero-order chi connectivity index (χ0) is 24.8. The van der Waals surface area contributed by atoms with Crippen molar-refractivity contribution < 1.29 is 19.2 Å². The van der Waals surface area contributed by atoms with Crippen molar-refractivity contribution in [3.8, 4) is 0 Å². The van der Waals surface area contributed by atoms with E-state index in [9.17, 15) is 19.2 Å². The van der Waals surface area contributed by atoms with Gasteiger partial charge in [-0.05, 0) is 43.9 Å². The van der Waals surface area contributed by atoms with Gasteiger partial charge in [0.25, 0.3) is 11.8 Å². The fourth-order valence-electron chi connectivity index (χ4n) is 4.91. The predicted molar refractivity (Wildman–Crippen MR) is 133 cm³/mol. The van der Waals surface area contributed by atoms with Crippen LogP contribution in [-0.4, -0.2) is 52.1 Å². The number of hydrogen-bond donors (Lipinski definition) is 1. The molecule has 1 aliphatic heterocycles. The number of hydrogen-bond acceptors (Lipinski definition) is 4. The topological polar surface area (TPSA) is 86.8 Å². The Labute approximate surface area is 206 Å². The molecule has 2 aromatic rings. The van der Waals surface area contributed by atoms with Crippen LogP contribution in [0.4, 0.5) is 0 Å². The Morgan fingerprint density at radius 3 is 2.17 bits per heavy atom. The summed E-state index contributed by atoms with van der Waals surface area (Å²) in [6.07, 6.45) is 5.87. The molecule has 0 bridgehead atoms. The van der Waals surface area contributed by atoms with Crippen LogP contribution in [0.1, 0.15) is 78.1 Å². The highest BCUT2D eigenvalue weighted by atomic mass is 16.2. The standard InChI is InChI=1S/C28H33N3O4/c1-20(26(33)29-22-13-6-3-7-14-22)31(19-21-11-4-2-5-12-21)25(32)17-10-18-30-27(34)23-15-8-9-16-24(23)28(30)35/h2,4-5,8-9,11-12,15-16,20,22H,3,6-7,10,13-14,17-19H2,1H3,(H,29,33)/t20-/m0/s1. The van der Waals surface area contributed by atoms with Gasteiger partial charge in [-0.3, -0.25) is 24.1 Å². The Balaban J connectivity index is 1.39. The molecular formula is C28H33N3O4. The summed E-state index contributed by atoms with van der Waals surface area (Å²) in [6.45, 7) is 2.26. The molecule has 35 heavy (non-hydrogen) atoms. The van der Waals surface area contributed by atoms with Gasteiger partial charge < -0.3 is 10.2 Å². The molecule has 1 heterocycles. The molecule has 0 radical (unpaired) electrons. The molecule has 0 aromatic heterocycles. The number of fused-ring (bicyclic) bond motifs is 1. The summed E-state index contributed by atoms with van der Waals surface area (Å²) in [5.41, 5.74) is 1.75. The molecule has 2 aromatic carbocycles. The molecule has 7 heteroatoms. The molecule has 1 aliphatic carbocycles. The van der Waals surface area contributed by atoms with Crippen LogP contribution in [0.15, 0.2) is 54.6 Å². The maximum absolute atomic E-state index is 13.3. The minimum atomic E-state index is -0.621. The second kappa shape index (κ2) is 11.3. The summed E-state index contributed by atoms with van der Waals surface area (Å²) in [4.78, 5) is 54.4. The van der Waals surface area contributed by atoms with Crippen molar-refractivity contribution in [3.63, 3.8) is 0 Å². The third-order valence-corrected chi connectivity index (χ3v) is 6.97. The van der Waals surface area contributed by atoms with Gasteiger partial charge in [0.2, 0.25) is 11.8 Å². The number of benzene rings is 2. The summed E-state index contributed by atoms with van der Waals surface area (Å²) in [6, 6.07) is 15.9. The number of nitrogens with one attached hydrogen (secondary N) is 1. The van der Waals surface area contributed by atoms with Crippen molar-refractivity contribution >= 4 is 23.6 Å². The molecular weight excluding hydrogens is 442 g/mol. The van der Waals surface area contributed by atoms with E-state index in [0.29, 0.717) is 24.1 Å². The van der Waals surface area contributed by atoms with Gasteiger partial charge in [0.1, 0.15) is 6.04 Å². The molecule has 2 aliphatic rings. The summed E-state index contributed by atoms with van der Waals surface area (Å²) in [5, 5.41) is 3.13. The molecule has 0 unspecified atom stereocenters. The zero-order valence-corrected chi connectivity index (χ0v) is 20.2. The Kier molecular flexibility index (Phi) is 7.95. The van der Waals surface area contributed by atoms with E-state index in [1.54, 1.807) is 36.1 Å². The molecule has 0 saturated heterocycles. The molecule has 1 atom stereocenters. The van der Waals surface area contributed by atoms with E-state index >= 15 is 0 Å². The largest absolute Gasteiger partial charge is 0.352 e. The Morgan fingerprint density at radius 2 is 1.54 bits per heavy atom. The Bertz CT molecular complexity index is 1040. The Morgan fingerprint density at radius 1 is 0.943 bits per heavy atom. The second-order valence-electron chi connectivity index (χ2n) is 9.44. The smallest absolute Gasteiger partial charge is 0.261 e. The third kappa shape index (κ3) is 5.78. The van der Waals surface area contributed by atoms with Crippen LogP contribution < -0.4 is 5.32 Å². The number of nitrogens with zero attached hydrogens (tertiary/aromatic N) is 2. The van der Waals surface area contributed by atoms with Gasteiger partial charge in [0.05, 0.1) is 11.1 Å². The van der Waals surface area contributed by atoms with E-state index in [-0.39, 0.29) is 42.6 Å². The van der Waals surface area contributed by atoms with Crippen LogP contribution in [0.25, 0.3) is 0 Å². The lowest BCUT2D eigenvalue weighted by Crippen LogP contribution is -2.50. The quantitative estimate of drug-likeness (QED) is 0.557. The van der Waals surface area contributed by atoms with Crippen LogP contribution in [0.3, 0.4) is 0 Å². The molecule has 4 amide bonds. The number of rotatable bonds is 9. The summed E-state index contributed by atoms with van der Waals surface area (Å²) in [5.74, 6) is -0.947. The number of amides is 4. The first kappa shape index (κ1) is 24.6. The molecule has 0 spiro atoms. The number of carbonyl (C=O) groups excluding carboxylic acids is 4. The molecule has 7 nitrogen and oxygen atoms in total. The minimum absolute atomic E-state index is 0.137. The van der Waals surface area contributed by atoms with Gasteiger partial charge in [-0.1, -0.05) is 61.7 Å². The van der Waals surface area contributed by atoms with Crippen molar-refractivity contribution in [2.24, 2.45) is 0 Å². The highest BCUT2D eigenvalue weighted by molar-refractivity contribution is 6.21. The summed E-state index contributed by atoms with van der Waals surface area (Å²) in [7, 11) is 0. The van der Waals surface area contributed by atoms with Crippen LogP contribution in [0.2, 0.25) is 0 Å². The van der Waals surface area contributed by atoms with E-state index in [4.69, 9.17) is 0 Å². The van der Waals surface area contributed by atoms with Gasteiger partial charge in [0.15, 0.2) is 0 Å². The van der Waals surface area contributed by atoms with Crippen LogP contribution in [0.5, 0.6) is 0 Å². The van der Waals surface area contributed by atoms with Gasteiger partial charge in [-0.15, -0.1) is 0 Å². The van der Waals surface area contributed by atoms with E-state index in [2.05, 4.69) is 5.32 Å². The van der Waals surface area contributed by atoms with Crippen molar-refractivity contribution in [3.05, 3.63) is 71.3 Å². The van der Waals surface area contributed by atoms with Crippen molar-refractivity contribution in [2.45, 2.75) is 70.5 Å². The Hall–Kier alpha value is -3.48. The predicted octanol–water partition coefficient (Wildman–Crippen LogP) is 3.93. The lowest BCUT2D eigenvalue weighted by Gasteiger charge is -2.31. The second-order valence-corrected chi connectivity index (χ2v) is 9.44. The highest BCUT2D eigenvalue weighted by Gasteiger charge is 2.35. The summed E-state index contributed by atoms with van der Waals surface area (Å²) < 4.78 is 0. The van der Waals surface area contributed by atoms with Crippen LogP contribution in [0, 0.1) is 0 Å². The summed E-state index contributed by atoms with van der Waals surface area (Å²) >= 11 is 0. The van der Waals surface area contributed by atoms with Crippen LogP contribution in [-0.2, 0) is 16.1 Å². The van der Waals surface area contributed by atoms with E-state index in [1.165, 1.54) is 11.3 Å². The van der Waals surface area contributed by atoms with E-state index in [1.807, 2.05) is 30.3 Å². The van der Waals surface area contributed by atoms with E-state index in [0.717, 1.165) is 31.2 Å². The molecule has 1 saturated carbocycles. The average Bonchev–Trinajstić information content (AvgIpc) is 3.13. The lowest BCUT2D eigenvalue weighted by molar-refractivity contribution is -0.141. The van der Waals surface area contributed by atoms with Gasteiger partial charge in [-0.25, -0.2) is 0 Å². The SMILES string of the molecule is C[C@@H](C(=O)NC1CCCCC1)N(Cc1ccccc1)C(=O)CCCN1C(=O)c2ccccc2C1=O. The molecule has 4 rings (SSSR count). The monoisotopic (exact) mass is 475 g/mol. The zero-order valence-electron chi connectivity index (χ0n) is 20.2. The third-order valence-electron chi connectivity index (χ3n) is 6.97. The molecule has 1 N–H and O–H groups in total.